The van der Waals surface area contributed by atoms with Crippen LogP contribution in [0.1, 0.15) is 13.8 Å². The molecular formula is C14H16O3. The molecule has 0 unspecified atom stereocenters. The maximum atomic E-state index is 9.07. The normalized spacial score (nSPS) is 9.06. The van der Waals surface area contributed by atoms with Gasteiger partial charge < -0.3 is 14.9 Å². The maximum absolute atomic E-state index is 9.07. The van der Waals surface area contributed by atoms with Crippen molar-refractivity contribution in [3.05, 3.63) is 48.5 Å². The summed E-state index contributed by atoms with van der Waals surface area (Å²) in [5.41, 5.74) is 0. The Bertz CT molecular complexity index is 389. The second kappa shape index (κ2) is 6.43. The molecule has 0 saturated heterocycles. The molecule has 0 heterocycles. The molecule has 17 heavy (non-hydrogen) atoms. The van der Waals surface area contributed by atoms with Gasteiger partial charge in [0.25, 0.3) is 0 Å². The van der Waals surface area contributed by atoms with Crippen LogP contribution in [0.4, 0.5) is 0 Å². The van der Waals surface area contributed by atoms with Crippen LogP contribution in [0, 0.1) is 0 Å². The molecule has 0 bridgehead atoms. The molecule has 3 nitrogen and oxygen atoms in total. The van der Waals surface area contributed by atoms with E-state index in [2.05, 4.69) is 0 Å². The van der Waals surface area contributed by atoms with E-state index in [4.69, 9.17) is 14.9 Å². The molecule has 0 aliphatic heterocycles. The van der Waals surface area contributed by atoms with Gasteiger partial charge in [0.05, 0.1) is 0 Å². The van der Waals surface area contributed by atoms with Gasteiger partial charge in [0.1, 0.15) is 23.0 Å². The lowest BCUT2D eigenvalue weighted by molar-refractivity contribution is 0.459. The van der Waals surface area contributed by atoms with Crippen LogP contribution in [0.5, 0.6) is 23.0 Å². The molecule has 2 aromatic carbocycles. The van der Waals surface area contributed by atoms with E-state index in [0.717, 1.165) is 0 Å². The molecule has 0 amide bonds. The second-order valence-electron chi connectivity index (χ2n) is 3.09. The van der Waals surface area contributed by atoms with E-state index in [1.165, 1.54) is 0 Å². The van der Waals surface area contributed by atoms with Crippen molar-refractivity contribution in [1.29, 1.82) is 0 Å². The molecule has 2 rings (SSSR count). The third kappa shape index (κ3) is 4.07. The average molecular weight is 232 g/mol. The van der Waals surface area contributed by atoms with Gasteiger partial charge in [0.15, 0.2) is 0 Å². The number of hydrogen-bond acceptors (Lipinski definition) is 3. The zero-order valence-corrected chi connectivity index (χ0v) is 9.92. The summed E-state index contributed by atoms with van der Waals surface area (Å²) in [5, 5.41) is 18.1. The summed E-state index contributed by atoms with van der Waals surface area (Å²) in [4.78, 5) is 0. The Balaban J connectivity index is 0.000000686. The highest BCUT2D eigenvalue weighted by Gasteiger charge is 1.97. The number of aromatic hydroxyl groups is 2. The molecule has 0 radical (unpaired) electrons. The van der Waals surface area contributed by atoms with Crippen molar-refractivity contribution in [2.45, 2.75) is 13.8 Å². The fourth-order valence-corrected chi connectivity index (χ4v) is 1.16. The topological polar surface area (TPSA) is 49.7 Å². The summed E-state index contributed by atoms with van der Waals surface area (Å²) in [6.45, 7) is 4.00. The van der Waals surface area contributed by atoms with Crippen LogP contribution < -0.4 is 4.74 Å². The highest BCUT2D eigenvalue weighted by Crippen LogP contribution is 2.24. The third-order valence-electron chi connectivity index (χ3n) is 1.91. The first kappa shape index (κ1) is 12.9. The molecule has 0 aliphatic rings. The van der Waals surface area contributed by atoms with Crippen LogP contribution in [-0.4, -0.2) is 10.2 Å². The monoisotopic (exact) mass is 232 g/mol. The summed E-state index contributed by atoms with van der Waals surface area (Å²) >= 11 is 0. The molecule has 0 aliphatic carbocycles. The van der Waals surface area contributed by atoms with Crippen LogP contribution in [0.3, 0.4) is 0 Å². The second-order valence-corrected chi connectivity index (χ2v) is 3.09. The number of phenolic OH excluding ortho intramolecular Hbond substituents is 2. The van der Waals surface area contributed by atoms with Crippen LogP contribution in [0.15, 0.2) is 48.5 Å². The molecule has 0 saturated carbocycles. The van der Waals surface area contributed by atoms with Gasteiger partial charge in [-0.25, -0.2) is 0 Å². The number of hydrogen-bond donors (Lipinski definition) is 2. The molecule has 0 aromatic heterocycles. The van der Waals surface area contributed by atoms with Gasteiger partial charge in [-0.2, -0.15) is 0 Å². The zero-order valence-electron chi connectivity index (χ0n) is 9.92. The fraction of sp³-hybridized carbons (Fsp3) is 0.143. The predicted molar refractivity (Wildman–Crippen MR) is 67.6 cm³/mol. The highest BCUT2D eigenvalue weighted by atomic mass is 16.5. The highest BCUT2D eigenvalue weighted by molar-refractivity contribution is 5.36. The summed E-state index contributed by atoms with van der Waals surface area (Å²) in [6, 6.07) is 12.9. The first-order valence-electron chi connectivity index (χ1n) is 5.50. The van der Waals surface area contributed by atoms with Gasteiger partial charge >= 0.3 is 0 Å². The summed E-state index contributed by atoms with van der Waals surface area (Å²) in [6.07, 6.45) is 0. The number of rotatable bonds is 2. The molecule has 0 fully saturated rings. The van der Waals surface area contributed by atoms with E-state index >= 15 is 0 Å². The van der Waals surface area contributed by atoms with Crippen molar-refractivity contribution in [2.75, 3.05) is 0 Å². The van der Waals surface area contributed by atoms with Gasteiger partial charge in [-0.05, 0) is 48.5 Å². The zero-order chi connectivity index (χ0) is 12.7. The van der Waals surface area contributed by atoms with Crippen molar-refractivity contribution in [2.24, 2.45) is 0 Å². The standard InChI is InChI=1S/C12H10O3.C2H6/c13-9-1-5-11(6-2-9)15-12-7-3-10(14)4-8-12;1-2/h1-8,13-14H;1-2H3. The van der Waals surface area contributed by atoms with Crippen LogP contribution >= 0.6 is 0 Å². The van der Waals surface area contributed by atoms with Gasteiger partial charge in [-0.1, -0.05) is 13.8 Å². The minimum absolute atomic E-state index is 0.202. The van der Waals surface area contributed by atoms with Crippen LogP contribution in [0.2, 0.25) is 0 Å². The molecule has 90 valence electrons. The van der Waals surface area contributed by atoms with Crippen LogP contribution in [0.25, 0.3) is 0 Å². The SMILES string of the molecule is CC.Oc1ccc(Oc2ccc(O)cc2)cc1. The van der Waals surface area contributed by atoms with Gasteiger partial charge in [-0.3, -0.25) is 0 Å². The minimum atomic E-state index is 0.202. The fourth-order valence-electron chi connectivity index (χ4n) is 1.16. The molecule has 2 N–H and O–H groups in total. The lowest BCUT2D eigenvalue weighted by Gasteiger charge is -2.05. The summed E-state index contributed by atoms with van der Waals surface area (Å²) in [7, 11) is 0. The Kier molecular flexibility index (Phi) is 4.88. The largest absolute Gasteiger partial charge is 0.508 e. The van der Waals surface area contributed by atoms with Gasteiger partial charge in [0, 0.05) is 0 Å². The number of phenols is 2. The Morgan fingerprint density at radius 1 is 0.647 bits per heavy atom. The Morgan fingerprint density at radius 3 is 1.24 bits per heavy atom. The smallest absolute Gasteiger partial charge is 0.127 e. The first-order valence-corrected chi connectivity index (χ1v) is 5.50. The van der Waals surface area contributed by atoms with Crippen molar-refractivity contribution < 1.29 is 14.9 Å². The lowest BCUT2D eigenvalue weighted by Crippen LogP contribution is -1.82. The molecule has 2 aromatic rings. The van der Waals surface area contributed by atoms with Crippen LogP contribution in [-0.2, 0) is 0 Å². The number of ether oxygens (including phenoxy) is 1. The Labute approximate surface area is 101 Å². The molecular weight excluding hydrogens is 216 g/mol. The third-order valence-corrected chi connectivity index (χ3v) is 1.91. The average Bonchev–Trinajstić information content (AvgIpc) is 2.37. The van der Waals surface area contributed by atoms with Crippen molar-refractivity contribution in [3.63, 3.8) is 0 Å². The lowest BCUT2D eigenvalue weighted by atomic mass is 10.3. The van der Waals surface area contributed by atoms with E-state index in [-0.39, 0.29) is 11.5 Å². The summed E-state index contributed by atoms with van der Waals surface area (Å²) in [5.74, 6) is 1.68. The number of benzene rings is 2. The minimum Gasteiger partial charge on any atom is -0.508 e. The van der Waals surface area contributed by atoms with Crippen molar-refractivity contribution >= 4 is 0 Å². The summed E-state index contributed by atoms with van der Waals surface area (Å²) < 4.78 is 5.47. The Hall–Kier alpha value is -2.16. The maximum Gasteiger partial charge on any atom is 0.127 e. The molecule has 0 atom stereocenters. The van der Waals surface area contributed by atoms with E-state index in [1.54, 1.807) is 48.5 Å². The van der Waals surface area contributed by atoms with E-state index in [9.17, 15) is 0 Å². The van der Waals surface area contributed by atoms with Gasteiger partial charge in [0.2, 0.25) is 0 Å². The van der Waals surface area contributed by atoms with E-state index in [0.29, 0.717) is 11.5 Å². The van der Waals surface area contributed by atoms with E-state index < -0.39 is 0 Å². The Morgan fingerprint density at radius 2 is 0.941 bits per heavy atom. The van der Waals surface area contributed by atoms with E-state index in [1.807, 2.05) is 13.8 Å². The molecule has 3 heteroatoms. The first-order chi connectivity index (χ1) is 8.24. The quantitative estimate of drug-likeness (QED) is 0.825. The van der Waals surface area contributed by atoms with Crippen molar-refractivity contribution in [3.8, 4) is 23.0 Å². The van der Waals surface area contributed by atoms with Gasteiger partial charge in [-0.15, -0.1) is 0 Å². The molecule has 0 spiro atoms. The predicted octanol–water partition coefficient (Wildman–Crippen LogP) is 3.92. The van der Waals surface area contributed by atoms with Crippen molar-refractivity contribution in [1.82, 2.24) is 0 Å².